The molecule has 0 bridgehead atoms. The maximum absolute atomic E-state index is 12.7. The van der Waals surface area contributed by atoms with Gasteiger partial charge in [0, 0.05) is 23.9 Å². The van der Waals surface area contributed by atoms with Gasteiger partial charge in [-0.15, -0.1) is 0 Å². The number of aliphatic carboxylic acids is 1. The monoisotopic (exact) mass is 378 g/mol. The third-order valence-electron chi connectivity index (χ3n) is 6.83. The highest BCUT2D eigenvalue weighted by Gasteiger charge is 2.34. The van der Waals surface area contributed by atoms with Crippen LogP contribution in [0.1, 0.15) is 83.5 Å². The fraction of sp³-hybridized carbons (Fsp3) is 0.857. The first kappa shape index (κ1) is 20.2. The van der Waals surface area contributed by atoms with Crippen molar-refractivity contribution >= 4 is 17.8 Å². The molecule has 0 heterocycles. The standard InChI is InChI=1S/C21H34N2O4/c24-19(14-6-4-5-7-14)22-16-12-10-15(11-13-16)20(25)23-18-9-3-1-2-8-17(18)21(26)27/h14-18H,1-13H2,(H,22,24)(H,23,25)(H,26,27)/t15?,16?,17-,18+/m1/s1. The molecular weight excluding hydrogens is 344 g/mol. The highest BCUT2D eigenvalue weighted by atomic mass is 16.4. The Morgan fingerprint density at radius 3 is 1.85 bits per heavy atom. The smallest absolute Gasteiger partial charge is 0.308 e. The number of nitrogens with one attached hydrogen (secondary N) is 2. The lowest BCUT2D eigenvalue weighted by molar-refractivity contribution is -0.143. The van der Waals surface area contributed by atoms with E-state index in [-0.39, 0.29) is 35.7 Å². The number of rotatable bonds is 5. The molecule has 0 aromatic heterocycles. The molecule has 2 atom stereocenters. The molecule has 0 radical (unpaired) electrons. The normalized spacial score (nSPS) is 32.4. The minimum Gasteiger partial charge on any atom is -0.481 e. The summed E-state index contributed by atoms with van der Waals surface area (Å²) in [5, 5.41) is 15.7. The molecule has 3 aliphatic rings. The molecule has 0 unspecified atom stereocenters. The van der Waals surface area contributed by atoms with Gasteiger partial charge in [-0.05, 0) is 51.4 Å². The number of carbonyl (C=O) groups is 3. The van der Waals surface area contributed by atoms with Gasteiger partial charge >= 0.3 is 5.97 Å². The second-order valence-electron chi connectivity index (χ2n) is 8.74. The summed E-state index contributed by atoms with van der Waals surface area (Å²) in [5.74, 6) is -0.910. The molecule has 0 aromatic carbocycles. The van der Waals surface area contributed by atoms with Crippen LogP contribution in [0.2, 0.25) is 0 Å². The number of carboxylic acid groups (broad SMARTS) is 1. The maximum atomic E-state index is 12.7. The first-order valence-electron chi connectivity index (χ1n) is 10.9. The number of hydrogen-bond acceptors (Lipinski definition) is 3. The largest absolute Gasteiger partial charge is 0.481 e. The van der Waals surface area contributed by atoms with Crippen molar-refractivity contribution in [2.45, 2.75) is 95.6 Å². The van der Waals surface area contributed by atoms with Crippen LogP contribution >= 0.6 is 0 Å². The first-order chi connectivity index (χ1) is 13.0. The van der Waals surface area contributed by atoms with Crippen molar-refractivity contribution in [2.24, 2.45) is 17.8 Å². The summed E-state index contributed by atoms with van der Waals surface area (Å²) in [6.07, 6.45) is 11.9. The van der Waals surface area contributed by atoms with Crippen LogP contribution in [-0.2, 0) is 14.4 Å². The topological polar surface area (TPSA) is 95.5 Å². The van der Waals surface area contributed by atoms with E-state index >= 15 is 0 Å². The zero-order chi connectivity index (χ0) is 19.2. The zero-order valence-corrected chi connectivity index (χ0v) is 16.3. The molecule has 0 aromatic rings. The highest BCUT2D eigenvalue weighted by molar-refractivity contribution is 5.81. The van der Waals surface area contributed by atoms with Crippen LogP contribution in [0.5, 0.6) is 0 Å². The molecule has 3 saturated carbocycles. The van der Waals surface area contributed by atoms with Gasteiger partial charge in [0.2, 0.25) is 11.8 Å². The molecule has 3 fully saturated rings. The Bertz CT molecular complexity index is 536. The van der Waals surface area contributed by atoms with Crippen molar-refractivity contribution in [3.8, 4) is 0 Å². The van der Waals surface area contributed by atoms with Gasteiger partial charge in [0.1, 0.15) is 0 Å². The lowest BCUT2D eigenvalue weighted by Gasteiger charge is -2.31. The molecular formula is C21H34N2O4. The summed E-state index contributed by atoms with van der Waals surface area (Å²) in [5.41, 5.74) is 0. The summed E-state index contributed by atoms with van der Waals surface area (Å²) in [4.78, 5) is 36.5. The van der Waals surface area contributed by atoms with Crippen molar-refractivity contribution in [3.05, 3.63) is 0 Å². The van der Waals surface area contributed by atoms with Crippen LogP contribution in [-0.4, -0.2) is 35.0 Å². The van der Waals surface area contributed by atoms with E-state index < -0.39 is 11.9 Å². The van der Waals surface area contributed by atoms with Gasteiger partial charge in [0.15, 0.2) is 0 Å². The molecule has 3 N–H and O–H groups in total. The second-order valence-corrected chi connectivity index (χ2v) is 8.74. The van der Waals surface area contributed by atoms with Crippen LogP contribution in [0.3, 0.4) is 0 Å². The summed E-state index contributed by atoms with van der Waals surface area (Å²) in [6.45, 7) is 0. The average molecular weight is 379 g/mol. The fourth-order valence-corrected chi connectivity index (χ4v) is 5.08. The molecule has 6 heteroatoms. The minimum atomic E-state index is -0.791. The van der Waals surface area contributed by atoms with Gasteiger partial charge in [0.25, 0.3) is 0 Å². The van der Waals surface area contributed by atoms with Gasteiger partial charge < -0.3 is 15.7 Å². The Kier molecular flexibility index (Phi) is 7.13. The lowest BCUT2D eigenvalue weighted by atomic mass is 9.84. The molecule has 3 rings (SSSR count). The van der Waals surface area contributed by atoms with E-state index in [0.717, 1.165) is 77.0 Å². The van der Waals surface area contributed by atoms with Gasteiger partial charge in [-0.1, -0.05) is 32.1 Å². The van der Waals surface area contributed by atoms with Gasteiger partial charge in [-0.3, -0.25) is 14.4 Å². The van der Waals surface area contributed by atoms with Crippen molar-refractivity contribution in [1.82, 2.24) is 10.6 Å². The average Bonchev–Trinajstić information content (AvgIpc) is 3.09. The minimum absolute atomic E-state index is 0.00807. The van der Waals surface area contributed by atoms with Crippen LogP contribution in [0.15, 0.2) is 0 Å². The Labute approximate surface area is 161 Å². The molecule has 0 saturated heterocycles. The quantitative estimate of drug-likeness (QED) is 0.641. The van der Waals surface area contributed by atoms with Gasteiger partial charge in [-0.25, -0.2) is 0 Å². The molecule has 3 aliphatic carbocycles. The van der Waals surface area contributed by atoms with E-state index in [1.54, 1.807) is 0 Å². The Balaban J connectivity index is 1.44. The third-order valence-corrected chi connectivity index (χ3v) is 6.83. The number of carbonyl (C=O) groups excluding carboxylic acids is 2. The predicted octanol–water partition coefficient (Wildman–Crippen LogP) is 3.00. The summed E-state index contributed by atoms with van der Waals surface area (Å²) in [6, 6.07) is -0.0518. The SMILES string of the molecule is O=C(NC1CCC(C(=O)N[C@H]2CCCCC[C@H]2C(=O)O)CC1)C1CCCC1. The zero-order valence-electron chi connectivity index (χ0n) is 16.3. The van der Waals surface area contributed by atoms with Crippen molar-refractivity contribution in [1.29, 1.82) is 0 Å². The first-order valence-corrected chi connectivity index (χ1v) is 10.9. The molecule has 6 nitrogen and oxygen atoms in total. The lowest BCUT2D eigenvalue weighted by Crippen LogP contribution is -2.47. The van der Waals surface area contributed by atoms with E-state index in [1.165, 1.54) is 0 Å². The maximum Gasteiger partial charge on any atom is 0.308 e. The van der Waals surface area contributed by atoms with Crippen molar-refractivity contribution < 1.29 is 19.5 Å². The molecule has 0 spiro atoms. The van der Waals surface area contributed by atoms with E-state index in [0.29, 0.717) is 6.42 Å². The second kappa shape index (κ2) is 9.56. The number of hydrogen-bond donors (Lipinski definition) is 3. The van der Waals surface area contributed by atoms with Gasteiger partial charge in [-0.2, -0.15) is 0 Å². The highest BCUT2D eigenvalue weighted by Crippen LogP contribution is 2.29. The van der Waals surface area contributed by atoms with Gasteiger partial charge in [0.05, 0.1) is 5.92 Å². The van der Waals surface area contributed by atoms with Crippen LogP contribution in [0.4, 0.5) is 0 Å². The fourth-order valence-electron chi connectivity index (χ4n) is 5.08. The van der Waals surface area contributed by atoms with E-state index in [4.69, 9.17) is 0 Å². The van der Waals surface area contributed by atoms with E-state index in [2.05, 4.69) is 10.6 Å². The van der Waals surface area contributed by atoms with Crippen molar-refractivity contribution in [3.63, 3.8) is 0 Å². The Morgan fingerprint density at radius 1 is 0.630 bits per heavy atom. The number of carboxylic acids is 1. The van der Waals surface area contributed by atoms with E-state index in [9.17, 15) is 19.5 Å². The van der Waals surface area contributed by atoms with Crippen molar-refractivity contribution in [2.75, 3.05) is 0 Å². The summed E-state index contributed by atoms with van der Waals surface area (Å²) < 4.78 is 0. The Morgan fingerprint density at radius 2 is 1.19 bits per heavy atom. The summed E-state index contributed by atoms with van der Waals surface area (Å²) >= 11 is 0. The molecule has 152 valence electrons. The van der Waals surface area contributed by atoms with Crippen LogP contribution in [0, 0.1) is 17.8 Å². The molecule has 0 aliphatic heterocycles. The predicted molar refractivity (Wildman–Crippen MR) is 102 cm³/mol. The third kappa shape index (κ3) is 5.45. The number of amides is 2. The van der Waals surface area contributed by atoms with Crippen LogP contribution < -0.4 is 10.6 Å². The van der Waals surface area contributed by atoms with Crippen LogP contribution in [0.25, 0.3) is 0 Å². The summed E-state index contributed by atoms with van der Waals surface area (Å²) in [7, 11) is 0. The Hall–Kier alpha value is -1.59. The molecule has 2 amide bonds. The molecule has 27 heavy (non-hydrogen) atoms. The van der Waals surface area contributed by atoms with E-state index in [1.807, 2.05) is 0 Å².